The fraction of sp³-hybridized carbons (Fsp3) is 0.143. The summed E-state index contributed by atoms with van der Waals surface area (Å²) in [5, 5.41) is 24.7. The smallest absolute Gasteiger partial charge is 0.257 e. The lowest BCUT2D eigenvalue weighted by molar-refractivity contribution is -0.120. The second-order valence-corrected chi connectivity index (χ2v) is 10.6. The largest absolute Gasteiger partial charge is 0.493 e. The van der Waals surface area contributed by atoms with Crippen molar-refractivity contribution in [2.45, 2.75) is 20.0 Å². The van der Waals surface area contributed by atoms with Gasteiger partial charge in [0, 0.05) is 11.1 Å². The van der Waals surface area contributed by atoms with Crippen molar-refractivity contribution in [1.29, 1.82) is 5.26 Å². The van der Waals surface area contributed by atoms with Gasteiger partial charge in [-0.25, -0.2) is 5.43 Å². The Kier molecular flexibility index (Phi) is 9.76. The molecule has 2 N–H and O–H groups in total. The van der Waals surface area contributed by atoms with Crippen LogP contribution in [0.15, 0.2) is 65.8 Å². The maximum atomic E-state index is 12.5. The number of carbonyl (C=O) groups is 2. The molecule has 0 fully saturated rings. The summed E-state index contributed by atoms with van der Waals surface area (Å²) in [4.78, 5) is 24.8. The summed E-state index contributed by atoms with van der Waals surface area (Å²) in [7, 11) is 1.53. The van der Waals surface area contributed by atoms with Crippen molar-refractivity contribution in [3.63, 3.8) is 0 Å². The molecule has 3 aromatic carbocycles. The average Bonchev–Trinajstić information content (AvgIpc) is 3.38. The standard InChI is InChI=1S/C28H23IN6O4S/c1-17-7-3-6-10-21(17)27(37)32-28-35-34-25(40-28)13-24(36)33-31-15-18-11-22(29)26(23(12-18)38-2)39-16-20-9-5-4-8-19(20)14-30/h3-12,15H,13,16H2,1-2H3,(H,33,36)(H,32,35,37)/b31-15+. The van der Waals surface area contributed by atoms with Gasteiger partial charge in [0.1, 0.15) is 11.6 Å². The fourth-order valence-electron chi connectivity index (χ4n) is 3.58. The lowest BCUT2D eigenvalue weighted by atomic mass is 10.1. The van der Waals surface area contributed by atoms with Crippen LogP contribution in [-0.2, 0) is 17.8 Å². The van der Waals surface area contributed by atoms with Crippen LogP contribution >= 0.6 is 33.9 Å². The van der Waals surface area contributed by atoms with Crippen LogP contribution < -0.4 is 20.2 Å². The number of hydrazone groups is 1. The highest BCUT2D eigenvalue weighted by Gasteiger charge is 2.15. The number of rotatable bonds is 10. The molecule has 0 aliphatic rings. The molecule has 0 aliphatic carbocycles. The maximum absolute atomic E-state index is 12.5. The van der Waals surface area contributed by atoms with Gasteiger partial charge in [-0.3, -0.25) is 14.9 Å². The predicted molar refractivity (Wildman–Crippen MR) is 160 cm³/mol. The molecule has 1 aromatic heterocycles. The van der Waals surface area contributed by atoms with Gasteiger partial charge in [-0.15, -0.1) is 10.2 Å². The Morgan fingerprint density at radius 2 is 1.93 bits per heavy atom. The van der Waals surface area contributed by atoms with Gasteiger partial charge in [-0.1, -0.05) is 47.7 Å². The molecule has 4 aromatic rings. The summed E-state index contributed by atoms with van der Waals surface area (Å²) in [6.45, 7) is 2.06. The van der Waals surface area contributed by atoms with Crippen LogP contribution in [0.25, 0.3) is 0 Å². The number of nitrogens with one attached hydrogen (secondary N) is 2. The Balaban J connectivity index is 1.33. The Morgan fingerprint density at radius 3 is 2.70 bits per heavy atom. The topological polar surface area (TPSA) is 139 Å². The Morgan fingerprint density at radius 1 is 1.15 bits per heavy atom. The number of nitriles is 1. The molecule has 1 heterocycles. The molecule has 0 saturated heterocycles. The number of hydrogen-bond acceptors (Lipinski definition) is 9. The minimum atomic E-state index is -0.387. The maximum Gasteiger partial charge on any atom is 0.257 e. The molecule has 0 atom stereocenters. The van der Waals surface area contributed by atoms with Gasteiger partial charge in [0.05, 0.1) is 34.9 Å². The molecule has 0 unspecified atom stereocenters. The summed E-state index contributed by atoms with van der Waals surface area (Å²) in [5.41, 5.74) is 5.86. The number of benzene rings is 3. The number of ether oxygens (including phenoxy) is 2. The zero-order valence-electron chi connectivity index (χ0n) is 21.5. The van der Waals surface area contributed by atoms with E-state index >= 15 is 0 Å². The molecular formula is C28H23IN6O4S. The SMILES string of the molecule is COc1cc(/C=N/NC(=O)Cc2nnc(NC(=O)c3ccccc3C)s2)cc(I)c1OCc1ccccc1C#N. The Labute approximate surface area is 248 Å². The molecule has 0 radical (unpaired) electrons. The third-order valence-electron chi connectivity index (χ3n) is 5.55. The normalized spacial score (nSPS) is 10.7. The summed E-state index contributed by atoms with van der Waals surface area (Å²) in [6.07, 6.45) is 1.44. The van der Waals surface area contributed by atoms with Gasteiger partial charge in [-0.2, -0.15) is 10.4 Å². The first-order chi connectivity index (χ1) is 19.4. The Bertz CT molecular complexity index is 1610. The van der Waals surface area contributed by atoms with Crippen molar-refractivity contribution in [3.8, 4) is 17.6 Å². The van der Waals surface area contributed by atoms with E-state index < -0.39 is 0 Å². The van der Waals surface area contributed by atoms with Crippen molar-refractivity contribution in [1.82, 2.24) is 15.6 Å². The zero-order chi connectivity index (χ0) is 28.5. The van der Waals surface area contributed by atoms with E-state index in [1.807, 2.05) is 37.3 Å². The van der Waals surface area contributed by atoms with Crippen molar-refractivity contribution in [3.05, 3.63) is 97.1 Å². The molecule has 0 spiro atoms. The quantitative estimate of drug-likeness (QED) is 0.140. The summed E-state index contributed by atoms with van der Waals surface area (Å²) in [6, 6.07) is 20.2. The number of methoxy groups -OCH3 is 1. The van der Waals surface area contributed by atoms with E-state index in [0.717, 1.165) is 26.0 Å². The third-order valence-corrected chi connectivity index (χ3v) is 7.19. The lowest BCUT2D eigenvalue weighted by Gasteiger charge is -2.14. The van der Waals surface area contributed by atoms with Gasteiger partial charge < -0.3 is 9.47 Å². The van der Waals surface area contributed by atoms with Crippen molar-refractivity contribution in [2.75, 3.05) is 12.4 Å². The van der Waals surface area contributed by atoms with Crippen LogP contribution in [0.1, 0.15) is 37.6 Å². The van der Waals surface area contributed by atoms with Crippen LogP contribution in [0.3, 0.4) is 0 Å². The van der Waals surface area contributed by atoms with Gasteiger partial charge >= 0.3 is 0 Å². The van der Waals surface area contributed by atoms with Gasteiger partial charge in [0.15, 0.2) is 11.5 Å². The highest BCUT2D eigenvalue weighted by molar-refractivity contribution is 14.1. The zero-order valence-corrected chi connectivity index (χ0v) is 24.4. The number of amides is 2. The molecule has 40 heavy (non-hydrogen) atoms. The van der Waals surface area contributed by atoms with Crippen LogP contribution in [0.2, 0.25) is 0 Å². The number of nitrogens with zero attached hydrogens (tertiary/aromatic N) is 4. The fourth-order valence-corrected chi connectivity index (χ4v) is 5.10. The molecular weight excluding hydrogens is 643 g/mol. The molecule has 4 rings (SSSR count). The van der Waals surface area contributed by atoms with E-state index in [-0.39, 0.29) is 24.8 Å². The van der Waals surface area contributed by atoms with E-state index in [1.54, 1.807) is 30.3 Å². The molecule has 12 heteroatoms. The average molecular weight is 667 g/mol. The second kappa shape index (κ2) is 13.6. The van der Waals surface area contributed by atoms with Gasteiger partial charge in [0.25, 0.3) is 5.91 Å². The first-order valence-electron chi connectivity index (χ1n) is 11.9. The minimum Gasteiger partial charge on any atom is -0.493 e. The Hall–Kier alpha value is -4.35. The number of halogens is 1. The molecule has 202 valence electrons. The summed E-state index contributed by atoms with van der Waals surface area (Å²) < 4.78 is 12.2. The van der Waals surface area contributed by atoms with Crippen molar-refractivity contribution < 1.29 is 19.1 Å². The molecule has 0 saturated carbocycles. The van der Waals surface area contributed by atoms with Gasteiger partial charge in [0.2, 0.25) is 11.0 Å². The third kappa shape index (κ3) is 7.39. The van der Waals surface area contributed by atoms with Gasteiger partial charge in [-0.05, 0) is 64.9 Å². The van der Waals surface area contributed by atoms with Crippen molar-refractivity contribution in [2.24, 2.45) is 5.10 Å². The number of anilines is 1. The highest BCUT2D eigenvalue weighted by atomic mass is 127. The van der Waals surface area contributed by atoms with Crippen LogP contribution in [0.5, 0.6) is 11.5 Å². The van der Waals surface area contributed by atoms with E-state index in [2.05, 4.69) is 54.7 Å². The second-order valence-electron chi connectivity index (χ2n) is 8.33. The van der Waals surface area contributed by atoms with E-state index in [4.69, 9.17) is 9.47 Å². The molecule has 0 bridgehead atoms. The predicted octanol–water partition coefficient (Wildman–Crippen LogP) is 4.86. The van der Waals surface area contributed by atoms with E-state index in [9.17, 15) is 14.9 Å². The minimum absolute atomic E-state index is 0.0486. The molecule has 0 aliphatic heterocycles. The number of aromatic nitrogens is 2. The first-order valence-corrected chi connectivity index (χ1v) is 13.8. The van der Waals surface area contributed by atoms with E-state index in [1.165, 1.54) is 13.3 Å². The number of carbonyl (C=O) groups excluding carboxylic acids is 2. The van der Waals surface area contributed by atoms with Crippen LogP contribution in [0.4, 0.5) is 5.13 Å². The first kappa shape index (κ1) is 28.7. The highest BCUT2D eigenvalue weighted by Crippen LogP contribution is 2.34. The number of hydrogen-bond donors (Lipinski definition) is 2. The van der Waals surface area contributed by atoms with Crippen LogP contribution in [0, 0.1) is 21.8 Å². The van der Waals surface area contributed by atoms with Crippen molar-refractivity contribution >= 4 is 57.1 Å². The monoisotopic (exact) mass is 666 g/mol. The summed E-state index contributed by atoms with van der Waals surface area (Å²) in [5.74, 6) is 0.354. The molecule has 10 nitrogen and oxygen atoms in total. The molecule has 2 amide bonds. The van der Waals surface area contributed by atoms with E-state index in [0.29, 0.717) is 38.3 Å². The van der Waals surface area contributed by atoms with Crippen LogP contribution in [-0.4, -0.2) is 35.3 Å². The number of aryl methyl sites for hydroxylation is 1. The lowest BCUT2D eigenvalue weighted by Crippen LogP contribution is -2.19. The summed E-state index contributed by atoms with van der Waals surface area (Å²) >= 11 is 3.25.